The van der Waals surface area contributed by atoms with Crippen molar-refractivity contribution in [3.05, 3.63) is 60.8 Å². The first-order chi connectivity index (χ1) is 34.6. The molecule has 0 saturated heterocycles. The summed E-state index contributed by atoms with van der Waals surface area (Å²) in [4.78, 5) is 24.6. The zero-order valence-electron chi connectivity index (χ0n) is 46.8. The molecule has 0 heterocycles. The number of carbonyl (C=O) groups excluding carboxylic acids is 2. The van der Waals surface area contributed by atoms with Gasteiger partial charge >= 0.3 is 11.9 Å². The number of esters is 2. The molecular formula is C65H118O5. The average molecular weight is 980 g/mol. The van der Waals surface area contributed by atoms with Crippen molar-refractivity contribution < 1.29 is 24.2 Å². The largest absolute Gasteiger partial charge is 0.462 e. The second-order valence-corrected chi connectivity index (χ2v) is 20.8. The number of rotatable bonds is 57. The summed E-state index contributed by atoms with van der Waals surface area (Å²) in [6.45, 7) is 4.08. The number of ether oxygens (including phenoxy) is 2. The van der Waals surface area contributed by atoms with Crippen LogP contribution in [-0.4, -0.2) is 36.4 Å². The summed E-state index contributed by atoms with van der Waals surface area (Å²) >= 11 is 0. The molecule has 5 nitrogen and oxygen atoms in total. The molecule has 0 fully saturated rings. The number of aliphatic hydroxyl groups excluding tert-OH is 1. The van der Waals surface area contributed by atoms with Gasteiger partial charge in [0.05, 0.1) is 6.61 Å². The first-order valence-electron chi connectivity index (χ1n) is 30.8. The molecule has 0 aliphatic carbocycles. The maximum atomic E-state index is 12.3. The van der Waals surface area contributed by atoms with Gasteiger partial charge in [0.15, 0.2) is 6.10 Å². The van der Waals surface area contributed by atoms with Gasteiger partial charge in [0.1, 0.15) is 6.61 Å². The molecule has 1 atom stereocenters. The summed E-state index contributed by atoms with van der Waals surface area (Å²) in [6.07, 6.45) is 82.2. The Balaban J connectivity index is 3.43. The van der Waals surface area contributed by atoms with Gasteiger partial charge in [-0.05, 0) is 57.8 Å². The maximum Gasteiger partial charge on any atom is 0.306 e. The highest BCUT2D eigenvalue weighted by Crippen LogP contribution is 2.18. The highest BCUT2D eigenvalue weighted by molar-refractivity contribution is 5.70. The molecule has 0 aromatic heterocycles. The van der Waals surface area contributed by atoms with E-state index in [1.165, 1.54) is 231 Å². The van der Waals surface area contributed by atoms with E-state index in [9.17, 15) is 14.7 Å². The summed E-state index contributed by atoms with van der Waals surface area (Å²) in [7, 11) is 0. The molecule has 0 rings (SSSR count). The molecule has 0 aliphatic rings. The molecule has 0 aromatic rings. The lowest BCUT2D eigenvalue weighted by molar-refractivity contribution is -0.161. The Morgan fingerprint density at radius 2 is 0.614 bits per heavy atom. The standard InChI is InChI=1S/C65H118O5/c1-3-5-7-9-11-13-15-17-19-21-23-25-27-28-29-30-31-32-33-34-35-36-38-40-42-44-46-48-50-52-54-56-58-60-65(68)70-63(61-66)62-69-64(67)59-57-55-53-51-49-47-45-43-41-39-37-26-24-22-20-18-16-14-12-10-8-6-4-2/h5,7,11,13,17,19,23,25,28-29,63,66H,3-4,6,8-10,12,14-16,18,20-22,24,26-27,30-62H2,1-2H3/b7-5-,13-11-,19-17-,25-23-,29-28-. The van der Waals surface area contributed by atoms with E-state index in [1.54, 1.807) is 0 Å². The molecular weight excluding hydrogens is 861 g/mol. The van der Waals surface area contributed by atoms with Crippen LogP contribution < -0.4 is 0 Å². The predicted octanol–water partition coefficient (Wildman–Crippen LogP) is 21.0. The molecule has 0 aromatic carbocycles. The zero-order valence-corrected chi connectivity index (χ0v) is 46.8. The zero-order chi connectivity index (χ0) is 50.6. The Kier molecular flexibility index (Phi) is 58.8. The second-order valence-electron chi connectivity index (χ2n) is 20.8. The van der Waals surface area contributed by atoms with E-state index in [-0.39, 0.29) is 25.2 Å². The Hall–Kier alpha value is -2.40. The van der Waals surface area contributed by atoms with Crippen LogP contribution in [0.3, 0.4) is 0 Å². The summed E-state index contributed by atoms with van der Waals surface area (Å²) in [5.41, 5.74) is 0. The third kappa shape index (κ3) is 58.2. The fourth-order valence-electron chi connectivity index (χ4n) is 9.23. The summed E-state index contributed by atoms with van der Waals surface area (Å²) in [5.74, 6) is -0.572. The molecule has 70 heavy (non-hydrogen) atoms. The molecule has 408 valence electrons. The molecule has 1 unspecified atom stereocenters. The van der Waals surface area contributed by atoms with Crippen LogP contribution in [0.1, 0.15) is 322 Å². The molecule has 0 aliphatic heterocycles. The normalized spacial score (nSPS) is 12.6. The van der Waals surface area contributed by atoms with Crippen LogP contribution in [0.15, 0.2) is 60.8 Å². The number of hydrogen-bond donors (Lipinski definition) is 1. The van der Waals surface area contributed by atoms with Gasteiger partial charge in [0.25, 0.3) is 0 Å². The van der Waals surface area contributed by atoms with Crippen LogP contribution in [0.5, 0.6) is 0 Å². The monoisotopic (exact) mass is 979 g/mol. The Labute approximate surface area is 436 Å². The van der Waals surface area contributed by atoms with E-state index >= 15 is 0 Å². The van der Waals surface area contributed by atoms with Gasteiger partial charge in [-0.25, -0.2) is 0 Å². The summed E-state index contributed by atoms with van der Waals surface area (Å²) < 4.78 is 10.7. The van der Waals surface area contributed by atoms with E-state index in [0.717, 1.165) is 64.2 Å². The second kappa shape index (κ2) is 60.9. The number of hydrogen-bond acceptors (Lipinski definition) is 5. The summed E-state index contributed by atoms with van der Waals surface area (Å²) in [5, 5.41) is 9.67. The van der Waals surface area contributed by atoms with E-state index in [0.29, 0.717) is 12.8 Å². The molecule has 1 N–H and O–H groups in total. The first kappa shape index (κ1) is 67.6. The Bertz CT molecular complexity index is 1200. The molecule has 0 radical (unpaired) electrons. The van der Waals surface area contributed by atoms with Crippen LogP contribution in [0.2, 0.25) is 0 Å². The van der Waals surface area contributed by atoms with E-state index < -0.39 is 6.10 Å². The van der Waals surface area contributed by atoms with Gasteiger partial charge < -0.3 is 14.6 Å². The average Bonchev–Trinajstić information content (AvgIpc) is 3.36. The first-order valence-corrected chi connectivity index (χ1v) is 30.8. The van der Waals surface area contributed by atoms with E-state index in [2.05, 4.69) is 74.6 Å². The third-order valence-corrected chi connectivity index (χ3v) is 13.8. The van der Waals surface area contributed by atoms with Crippen molar-refractivity contribution in [1.29, 1.82) is 0 Å². The van der Waals surface area contributed by atoms with Gasteiger partial charge in [-0.3, -0.25) is 9.59 Å². The van der Waals surface area contributed by atoms with E-state index in [4.69, 9.17) is 9.47 Å². The molecule has 0 amide bonds. The maximum absolute atomic E-state index is 12.3. The molecule has 0 bridgehead atoms. The lowest BCUT2D eigenvalue weighted by Gasteiger charge is -2.15. The van der Waals surface area contributed by atoms with Gasteiger partial charge in [-0.15, -0.1) is 0 Å². The van der Waals surface area contributed by atoms with Gasteiger partial charge in [-0.2, -0.15) is 0 Å². The van der Waals surface area contributed by atoms with Gasteiger partial charge in [0, 0.05) is 12.8 Å². The van der Waals surface area contributed by atoms with Crippen molar-refractivity contribution in [3.8, 4) is 0 Å². The van der Waals surface area contributed by atoms with Crippen molar-refractivity contribution in [2.45, 2.75) is 328 Å². The molecule has 5 heteroatoms. The lowest BCUT2D eigenvalue weighted by Crippen LogP contribution is -2.28. The van der Waals surface area contributed by atoms with E-state index in [1.807, 2.05) is 0 Å². The highest BCUT2D eigenvalue weighted by atomic mass is 16.6. The fourth-order valence-corrected chi connectivity index (χ4v) is 9.23. The minimum Gasteiger partial charge on any atom is -0.462 e. The minimum atomic E-state index is -0.771. The fraction of sp³-hybridized carbons (Fsp3) is 0.815. The highest BCUT2D eigenvalue weighted by Gasteiger charge is 2.16. The van der Waals surface area contributed by atoms with Crippen molar-refractivity contribution in [3.63, 3.8) is 0 Å². The van der Waals surface area contributed by atoms with Crippen LogP contribution in [0, 0.1) is 0 Å². The Morgan fingerprint density at radius 3 is 0.929 bits per heavy atom. The number of unbranched alkanes of at least 4 members (excludes halogenated alkanes) is 39. The molecule has 0 saturated carbocycles. The van der Waals surface area contributed by atoms with Crippen molar-refractivity contribution in [2.75, 3.05) is 13.2 Å². The van der Waals surface area contributed by atoms with Crippen LogP contribution >= 0.6 is 0 Å². The van der Waals surface area contributed by atoms with Crippen LogP contribution in [0.25, 0.3) is 0 Å². The number of allylic oxidation sites excluding steroid dienone is 10. The number of carbonyl (C=O) groups is 2. The van der Waals surface area contributed by atoms with Crippen molar-refractivity contribution >= 4 is 11.9 Å². The predicted molar refractivity (Wildman–Crippen MR) is 307 cm³/mol. The SMILES string of the molecule is CC/C=C\C/C=C\C/C=C\C/C=C\C/C=C\CCCCCCCCCCCCCCCCCCCC(=O)OC(CO)COC(=O)CCCCCCCCCCCCCCCCCCCCCCCCC. The summed E-state index contributed by atoms with van der Waals surface area (Å²) in [6, 6.07) is 0. The van der Waals surface area contributed by atoms with Crippen molar-refractivity contribution in [1.82, 2.24) is 0 Å². The van der Waals surface area contributed by atoms with Gasteiger partial charge in [0.2, 0.25) is 0 Å². The van der Waals surface area contributed by atoms with Crippen LogP contribution in [0.4, 0.5) is 0 Å². The number of aliphatic hydroxyl groups is 1. The van der Waals surface area contributed by atoms with Crippen molar-refractivity contribution in [2.24, 2.45) is 0 Å². The van der Waals surface area contributed by atoms with Crippen LogP contribution in [-0.2, 0) is 19.1 Å². The molecule has 0 spiro atoms. The lowest BCUT2D eigenvalue weighted by atomic mass is 10.0. The smallest absolute Gasteiger partial charge is 0.306 e. The van der Waals surface area contributed by atoms with Gasteiger partial charge in [-0.1, -0.05) is 312 Å². The topological polar surface area (TPSA) is 72.8 Å². The minimum absolute atomic E-state index is 0.0612. The quantitative estimate of drug-likeness (QED) is 0.0373. The third-order valence-electron chi connectivity index (χ3n) is 13.8. The Morgan fingerprint density at radius 1 is 0.343 bits per heavy atom.